The minimum atomic E-state index is -0.869. The maximum absolute atomic E-state index is 13.5. The van der Waals surface area contributed by atoms with Crippen LogP contribution in [0, 0.1) is 17.3 Å². The van der Waals surface area contributed by atoms with Crippen LogP contribution < -0.4 is 15.4 Å². The van der Waals surface area contributed by atoms with Crippen molar-refractivity contribution in [3.8, 4) is 23.3 Å². The number of piperidine rings is 1. The highest BCUT2D eigenvalue weighted by Crippen LogP contribution is 2.31. The minimum Gasteiger partial charge on any atom is -0.491 e. The topological polar surface area (TPSA) is 190 Å². The van der Waals surface area contributed by atoms with Gasteiger partial charge in [-0.3, -0.25) is 34.2 Å². The zero-order chi connectivity index (χ0) is 43.5. The molecule has 2 aliphatic rings. The Morgan fingerprint density at radius 3 is 2.48 bits per heavy atom. The lowest BCUT2D eigenvalue weighted by Crippen LogP contribution is -2.55. The van der Waals surface area contributed by atoms with Crippen LogP contribution in [0.3, 0.4) is 0 Å². The third-order valence-electron chi connectivity index (χ3n) is 10.2. The second-order valence-corrected chi connectivity index (χ2v) is 16.8. The number of aromatic nitrogens is 4. The Bertz CT molecular complexity index is 2550. The fourth-order valence-electron chi connectivity index (χ4n) is 6.83. The van der Waals surface area contributed by atoms with Gasteiger partial charge in [0.05, 0.1) is 28.7 Å². The molecule has 4 heterocycles. The van der Waals surface area contributed by atoms with E-state index in [1.165, 1.54) is 4.90 Å². The maximum atomic E-state index is 13.5. The van der Waals surface area contributed by atoms with Gasteiger partial charge in [-0.15, -0.1) is 0 Å². The molecular weight excluding hydrogens is 781 g/mol. The van der Waals surface area contributed by atoms with Gasteiger partial charge in [0, 0.05) is 53.0 Å². The number of fused-ring (bicyclic) bond motifs is 2. The number of amides is 5. The summed E-state index contributed by atoms with van der Waals surface area (Å²) in [6.07, 6.45) is 1.95. The number of esters is 1. The second-order valence-electron chi connectivity index (χ2n) is 16.8. The van der Waals surface area contributed by atoms with E-state index in [1.807, 2.05) is 79.9 Å². The summed E-state index contributed by atoms with van der Waals surface area (Å²) < 4.78 is 18.8. The number of hydrogen-bond acceptors (Lipinski definition) is 10. The molecule has 0 bridgehead atoms. The van der Waals surface area contributed by atoms with Crippen molar-refractivity contribution in [1.29, 1.82) is 0 Å². The van der Waals surface area contributed by atoms with Crippen LogP contribution in [0.25, 0.3) is 16.7 Å². The Balaban J connectivity index is 0.872. The molecule has 316 valence electrons. The van der Waals surface area contributed by atoms with Gasteiger partial charge in [0.2, 0.25) is 5.91 Å². The van der Waals surface area contributed by atoms with Gasteiger partial charge in [-0.25, -0.2) is 14.7 Å². The lowest BCUT2D eigenvalue weighted by Gasteiger charge is -2.35. The quantitative estimate of drug-likeness (QED) is 0.0602. The predicted octanol–water partition coefficient (Wildman–Crippen LogP) is 6.16. The molecule has 1 saturated heterocycles. The van der Waals surface area contributed by atoms with Gasteiger partial charge in [0.1, 0.15) is 37.2 Å². The van der Waals surface area contributed by atoms with E-state index in [9.17, 15) is 24.0 Å². The Morgan fingerprint density at radius 1 is 0.951 bits per heavy atom. The summed E-state index contributed by atoms with van der Waals surface area (Å²) in [5, 5.41) is 12.7. The van der Waals surface area contributed by atoms with Crippen molar-refractivity contribution in [3.05, 3.63) is 95.4 Å². The van der Waals surface area contributed by atoms with Gasteiger partial charge in [-0.2, -0.15) is 5.10 Å². The number of carbonyl (C=O) groups excluding carboxylic acids is 5. The molecule has 16 nitrogen and oxygen atoms in total. The van der Waals surface area contributed by atoms with E-state index >= 15 is 0 Å². The molecule has 3 aromatic carbocycles. The van der Waals surface area contributed by atoms with Gasteiger partial charge in [-0.05, 0) is 81.3 Å². The standard InChI is InChI=1S/C45H48N8O8/c1-44(2,3)37-24-38(50-49-37)48-43(58)47-29-12-14-30(15-13-29)52-26-46-34-23-31(16-17-35(34)52)60-22-21-59-20-8-10-28-9-7-11-32-33(28)25-51(40(32)55)36-18-19-39(54)53(41(36)56)27-61-42(57)45(4,5)6/h7,9,11-17,23-24,26,36H,18-22,25,27H2,1-6H3,(H3,47,48,49,50,58). The molecule has 3 N–H and O–H groups in total. The number of ether oxygens (including phenoxy) is 3. The molecule has 16 heteroatoms. The number of hydrogen-bond donors (Lipinski definition) is 3. The molecule has 5 amide bonds. The summed E-state index contributed by atoms with van der Waals surface area (Å²) in [7, 11) is 0. The number of H-pyrrole nitrogens is 1. The molecule has 2 aliphatic heterocycles. The first-order valence-electron chi connectivity index (χ1n) is 19.9. The van der Waals surface area contributed by atoms with Gasteiger partial charge in [-0.1, -0.05) is 38.7 Å². The highest BCUT2D eigenvalue weighted by atomic mass is 16.5. The van der Waals surface area contributed by atoms with Gasteiger partial charge >= 0.3 is 12.0 Å². The molecule has 7 rings (SSSR count). The number of aromatic amines is 1. The number of nitrogens with zero attached hydrogens (tertiary/aromatic N) is 5. The summed E-state index contributed by atoms with van der Waals surface area (Å²) in [5.74, 6) is 5.37. The van der Waals surface area contributed by atoms with Gasteiger partial charge < -0.3 is 24.4 Å². The Labute approximate surface area is 352 Å². The lowest BCUT2D eigenvalue weighted by molar-refractivity contribution is -0.168. The average Bonchev–Trinajstić information content (AvgIpc) is 3.95. The van der Waals surface area contributed by atoms with Crippen LogP contribution in [0.5, 0.6) is 5.75 Å². The predicted molar refractivity (Wildman–Crippen MR) is 226 cm³/mol. The monoisotopic (exact) mass is 828 g/mol. The van der Waals surface area contributed by atoms with Crippen LogP contribution in [0.4, 0.5) is 16.3 Å². The van der Waals surface area contributed by atoms with Crippen LogP contribution in [0.2, 0.25) is 0 Å². The zero-order valence-electron chi connectivity index (χ0n) is 35.0. The molecule has 1 unspecified atom stereocenters. The Hall–Kier alpha value is -6.99. The number of benzene rings is 3. The Kier molecular flexibility index (Phi) is 12.0. The van der Waals surface area contributed by atoms with Crippen LogP contribution in [-0.4, -0.2) is 91.9 Å². The summed E-state index contributed by atoms with van der Waals surface area (Å²) in [6, 6.07) is 18.9. The van der Waals surface area contributed by atoms with E-state index < -0.39 is 36.0 Å². The van der Waals surface area contributed by atoms with E-state index in [-0.39, 0.29) is 56.6 Å². The van der Waals surface area contributed by atoms with Crippen molar-refractivity contribution in [3.63, 3.8) is 0 Å². The number of imide groups is 1. The zero-order valence-corrected chi connectivity index (χ0v) is 35.0. The number of nitrogens with one attached hydrogen (secondary N) is 3. The second kappa shape index (κ2) is 17.3. The van der Waals surface area contributed by atoms with Crippen molar-refractivity contribution >= 4 is 52.3 Å². The highest BCUT2D eigenvalue weighted by Gasteiger charge is 2.43. The van der Waals surface area contributed by atoms with Gasteiger partial charge in [0.25, 0.3) is 11.8 Å². The number of urea groups is 1. The molecule has 61 heavy (non-hydrogen) atoms. The number of imidazole rings is 1. The summed E-state index contributed by atoms with van der Waals surface area (Å²) in [4.78, 5) is 71.2. The van der Waals surface area contributed by atoms with E-state index in [1.54, 1.807) is 39.2 Å². The molecule has 5 aromatic rings. The molecule has 2 aromatic heterocycles. The molecular formula is C45H48N8O8. The summed E-state index contributed by atoms with van der Waals surface area (Å²) in [5.41, 5.74) is 4.82. The first-order chi connectivity index (χ1) is 29.1. The van der Waals surface area contributed by atoms with Crippen molar-refractivity contribution < 1.29 is 38.2 Å². The molecule has 1 atom stereocenters. The fraction of sp³-hybridized carbons (Fsp3) is 0.356. The number of carbonyl (C=O) groups is 5. The highest BCUT2D eigenvalue weighted by molar-refractivity contribution is 6.06. The first-order valence-corrected chi connectivity index (χ1v) is 19.9. The SMILES string of the molecule is CC(C)(C)C(=O)OCN1C(=O)CCC(N2Cc3c(C#CCOCCOc4ccc5c(c4)ncn5-c4ccc(NC(=O)Nc5cc(C(C)(C)C)n[nH]5)cc4)cccc3C2=O)C1=O. The minimum absolute atomic E-state index is 0.0437. The first kappa shape index (κ1) is 42.1. The van der Waals surface area contributed by atoms with Gasteiger partial charge in [0.15, 0.2) is 6.73 Å². The average molecular weight is 829 g/mol. The van der Waals surface area contributed by atoms with Crippen LogP contribution >= 0.6 is 0 Å². The number of likely N-dealkylation sites (tertiary alicyclic amines) is 1. The lowest BCUT2D eigenvalue weighted by atomic mass is 9.92. The molecule has 0 radical (unpaired) electrons. The number of rotatable bonds is 11. The molecule has 0 spiro atoms. The maximum Gasteiger partial charge on any atom is 0.324 e. The Morgan fingerprint density at radius 2 is 1.74 bits per heavy atom. The molecule has 1 fully saturated rings. The van der Waals surface area contributed by atoms with Crippen LogP contribution in [-0.2, 0) is 35.8 Å². The van der Waals surface area contributed by atoms with Crippen LogP contribution in [0.15, 0.2) is 73.1 Å². The van der Waals surface area contributed by atoms with Crippen molar-refractivity contribution in [2.45, 2.75) is 72.4 Å². The number of anilines is 2. The van der Waals surface area contributed by atoms with Crippen molar-refractivity contribution in [1.82, 2.24) is 29.5 Å². The molecule has 0 aliphatic carbocycles. The molecule has 0 saturated carbocycles. The van der Waals surface area contributed by atoms with Crippen molar-refractivity contribution in [2.75, 3.05) is 37.2 Å². The van der Waals surface area contributed by atoms with E-state index in [0.717, 1.165) is 27.3 Å². The summed E-state index contributed by atoms with van der Waals surface area (Å²) >= 11 is 0. The smallest absolute Gasteiger partial charge is 0.324 e. The normalized spacial score (nSPS) is 15.4. The van der Waals surface area contributed by atoms with E-state index in [0.29, 0.717) is 33.9 Å². The van der Waals surface area contributed by atoms with E-state index in [2.05, 4.69) is 37.7 Å². The third-order valence-corrected chi connectivity index (χ3v) is 10.2. The van der Waals surface area contributed by atoms with Crippen molar-refractivity contribution in [2.24, 2.45) is 5.41 Å². The summed E-state index contributed by atoms with van der Waals surface area (Å²) in [6.45, 7) is 11.5. The van der Waals surface area contributed by atoms with Crippen LogP contribution in [0.1, 0.15) is 81.6 Å². The van der Waals surface area contributed by atoms with E-state index in [4.69, 9.17) is 14.2 Å². The third kappa shape index (κ3) is 9.58. The largest absolute Gasteiger partial charge is 0.491 e. The fourth-order valence-corrected chi connectivity index (χ4v) is 6.83.